The highest BCUT2D eigenvalue weighted by Gasteiger charge is 2.36. The van der Waals surface area contributed by atoms with E-state index in [9.17, 15) is 35.1 Å². The third kappa shape index (κ3) is 3.35. The second-order valence-corrected chi connectivity index (χ2v) is 4.99. The normalized spacial score (nSPS) is 23.9. The third-order valence-electron chi connectivity index (χ3n) is 3.36. The van der Waals surface area contributed by atoms with Gasteiger partial charge in [0.1, 0.15) is 18.3 Å². The number of aliphatic hydroxyl groups excluding tert-OH is 2. The fourth-order valence-corrected chi connectivity index (χ4v) is 2.13. The molecule has 23 heavy (non-hydrogen) atoms. The van der Waals surface area contributed by atoms with Crippen LogP contribution in [0.2, 0.25) is 0 Å². The van der Waals surface area contributed by atoms with Crippen LogP contribution in [0.5, 0.6) is 17.2 Å². The van der Waals surface area contributed by atoms with Gasteiger partial charge in [-0.2, -0.15) is 0 Å². The molecule has 1 aromatic rings. The van der Waals surface area contributed by atoms with Gasteiger partial charge in [0.05, 0.1) is 5.56 Å². The Morgan fingerprint density at radius 3 is 2.17 bits per heavy atom. The van der Waals surface area contributed by atoms with Crippen LogP contribution in [0.25, 0.3) is 0 Å². The second kappa shape index (κ2) is 6.15. The van der Waals surface area contributed by atoms with Crippen LogP contribution in [0.1, 0.15) is 16.8 Å². The SMILES string of the molecule is O=C(O)C1=C[C@@H](O)[C@H](O)[C@H](OC(=O)c2cc(O)c(O)c(O)c2)C1. The van der Waals surface area contributed by atoms with Gasteiger partial charge in [0, 0.05) is 12.0 Å². The number of aliphatic carboxylic acids is 1. The molecule has 2 rings (SSSR count). The Bertz CT molecular complexity index is 656. The molecule has 9 heteroatoms. The van der Waals surface area contributed by atoms with E-state index in [0.29, 0.717) is 0 Å². The van der Waals surface area contributed by atoms with Crippen LogP contribution < -0.4 is 0 Å². The summed E-state index contributed by atoms with van der Waals surface area (Å²) in [5.41, 5.74) is -0.553. The van der Waals surface area contributed by atoms with E-state index in [1.807, 2.05) is 0 Å². The minimum Gasteiger partial charge on any atom is -0.504 e. The number of hydrogen-bond donors (Lipinski definition) is 6. The van der Waals surface area contributed by atoms with E-state index in [4.69, 9.17) is 9.84 Å². The number of hydrogen-bond acceptors (Lipinski definition) is 8. The first-order valence-corrected chi connectivity index (χ1v) is 6.46. The van der Waals surface area contributed by atoms with Gasteiger partial charge in [-0.25, -0.2) is 9.59 Å². The molecule has 1 aromatic carbocycles. The summed E-state index contributed by atoms with van der Waals surface area (Å²) in [6.45, 7) is 0. The highest BCUT2D eigenvalue weighted by molar-refractivity contribution is 5.91. The van der Waals surface area contributed by atoms with Gasteiger partial charge in [-0.3, -0.25) is 0 Å². The first kappa shape index (κ1) is 16.6. The average molecular weight is 326 g/mol. The summed E-state index contributed by atoms with van der Waals surface area (Å²) in [6.07, 6.45) is -3.74. The number of phenols is 3. The first-order valence-electron chi connectivity index (χ1n) is 6.46. The summed E-state index contributed by atoms with van der Waals surface area (Å²) in [7, 11) is 0. The predicted molar refractivity (Wildman–Crippen MR) is 73.0 cm³/mol. The van der Waals surface area contributed by atoms with Crippen LogP contribution in [0.4, 0.5) is 0 Å². The van der Waals surface area contributed by atoms with Gasteiger partial charge >= 0.3 is 11.9 Å². The summed E-state index contributed by atoms with van der Waals surface area (Å²) in [6, 6.07) is 1.66. The minimum absolute atomic E-state index is 0.225. The number of rotatable bonds is 3. The molecular formula is C14H14O9. The van der Waals surface area contributed by atoms with Gasteiger partial charge in [-0.1, -0.05) is 0 Å². The molecule has 0 fully saturated rings. The maximum absolute atomic E-state index is 12.0. The number of benzene rings is 1. The maximum Gasteiger partial charge on any atom is 0.338 e. The Hall–Kier alpha value is -2.78. The molecular weight excluding hydrogens is 312 g/mol. The predicted octanol–water partition coefficient (Wildman–Crippen LogP) is -0.535. The smallest absolute Gasteiger partial charge is 0.338 e. The molecule has 0 saturated heterocycles. The van der Waals surface area contributed by atoms with Gasteiger partial charge < -0.3 is 35.4 Å². The van der Waals surface area contributed by atoms with E-state index in [0.717, 1.165) is 18.2 Å². The molecule has 1 aliphatic carbocycles. The van der Waals surface area contributed by atoms with Crippen molar-refractivity contribution in [3.05, 3.63) is 29.3 Å². The number of aromatic hydroxyl groups is 3. The summed E-state index contributed by atoms with van der Waals surface area (Å²) in [5.74, 6) is -4.74. The van der Waals surface area contributed by atoms with E-state index in [2.05, 4.69) is 0 Å². The average Bonchev–Trinajstić information content (AvgIpc) is 2.48. The highest BCUT2D eigenvalue weighted by Crippen LogP contribution is 2.36. The van der Waals surface area contributed by atoms with Crippen LogP contribution in [0.3, 0.4) is 0 Å². The van der Waals surface area contributed by atoms with E-state index in [1.54, 1.807) is 0 Å². The zero-order valence-electron chi connectivity index (χ0n) is 11.6. The lowest BCUT2D eigenvalue weighted by Gasteiger charge is -2.29. The summed E-state index contributed by atoms with van der Waals surface area (Å²) >= 11 is 0. The number of carboxylic acids is 1. The van der Waals surface area contributed by atoms with E-state index in [1.165, 1.54) is 0 Å². The van der Waals surface area contributed by atoms with Crippen molar-refractivity contribution in [1.82, 2.24) is 0 Å². The van der Waals surface area contributed by atoms with E-state index in [-0.39, 0.29) is 17.6 Å². The van der Waals surface area contributed by atoms with Crippen molar-refractivity contribution in [3.63, 3.8) is 0 Å². The Kier molecular flexibility index (Phi) is 4.43. The van der Waals surface area contributed by atoms with Crippen molar-refractivity contribution in [2.75, 3.05) is 0 Å². The Morgan fingerprint density at radius 2 is 1.65 bits per heavy atom. The van der Waals surface area contributed by atoms with Crippen LogP contribution in [-0.2, 0) is 9.53 Å². The molecule has 1 aliphatic rings. The lowest BCUT2D eigenvalue weighted by Crippen LogP contribution is -2.43. The van der Waals surface area contributed by atoms with E-state index >= 15 is 0 Å². The van der Waals surface area contributed by atoms with Gasteiger partial charge in [0.15, 0.2) is 17.2 Å². The molecule has 124 valence electrons. The quantitative estimate of drug-likeness (QED) is 0.316. The number of carbonyl (C=O) groups is 2. The Morgan fingerprint density at radius 1 is 1.09 bits per heavy atom. The van der Waals surface area contributed by atoms with Crippen molar-refractivity contribution in [1.29, 1.82) is 0 Å². The van der Waals surface area contributed by atoms with Crippen LogP contribution in [-0.4, -0.2) is 60.9 Å². The highest BCUT2D eigenvalue weighted by atomic mass is 16.6. The molecule has 0 saturated carbocycles. The zero-order valence-corrected chi connectivity index (χ0v) is 11.6. The molecule has 6 N–H and O–H groups in total. The Balaban J connectivity index is 2.20. The van der Waals surface area contributed by atoms with Crippen molar-refractivity contribution in [2.24, 2.45) is 0 Å². The van der Waals surface area contributed by atoms with E-state index < -0.39 is 47.5 Å². The lowest BCUT2D eigenvalue weighted by atomic mass is 9.92. The molecule has 0 heterocycles. The fraction of sp³-hybridized carbons (Fsp3) is 0.286. The van der Waals surface area contributed by atoms with Crippen LogP contribution in [0.15, 0.2) is 23.8 Å². The molecule has 0 radical (unpaired) electrons. The number of carbonyl (C=O) groups excluding carboxylic acids is 1. The summed E-state index contributed by atoms with van der Waals surface area (Å²) in [4.78, 5) is 22.9. The summed E-state index contributed by atoms with van der Waals surface area (Å²) in [5, 5.41) is 56.2. The maximum atomic E-state index is 12.0. The number of aliphatic hydroxyl groups is 2. The van der Waals surface area contributed by atoms with Gasteiger partial charge in [-0.15, -0.1) is 0 Å². The van der Waals surface area contributed by atoms with Gasteiger partial charge in [-0.05, 0) is 18.2 Å². The summed E-state index contributed by atoms with van der Waals surface area (Å²) < 4.78 is 4.93. The molecule has 3 atom stereocenters. The topological polar surface area (TPSA) is 165 Å². The molecule has 0 spiro atoms. The molecule has 0 bridgehead atoms. The molecule has 0 aliphatic heterocycles. The molecule has 0 amide bonds. The molecule has 0 aromatic heterocycles. The monoisotopic (exact) mass is 326 g/mol. The van der Waals surface area contributed by atoms with Crippen molar-refractivity contribution in [3.8, 4) is 17.2 Å². The first-order chi connectivity index (χ1) is 10.7. The second-order valence-electron chi connectivity index (χ2n) is 4.99. The van der Waals surface area contributed by atoms with Crippen LogP contribution in [0, 0.1) is 0 Å². The number of ether oxygens (including phenoxy) is 1. The third-order valence-corrected chi connectivity index (χ3v) is 3.36. The fourth-order valence-electron chi connectivity index (χ4n) is 2.13. The van der Waals surface area contributed by atoms with Crippen molar-refractivity contribution < 1.29 is 45.0 Å². The number of esters is 1. The minimum atomic E-state index is -1.53. The molecule has 0 unspecified atom stereocenters. The largest absolute Gasteiger partial charge is 0.504 e. The van der Waals surface area contributed by atoms with Gasteiger partial charge in [0.2, 0.25) is 0 Å². The number of carboxylic acid groups (broad SMARTS) is 1. The van der Waals surface area contributed by atoms with Crippen molar-refractivity contribution in [2.45, 2.75) is 24.7 Å². The lowest BCUT2D eigenvalue weighted by molar-refractivity contribution is -0.134. The standard InChI is InChI=1S/C14H14O9/c15-7-2-6(3-8(16)11(7)18)14(22)23-10-4-5(13(20)21)1-9(17)12(10)19/h1-3,9-10,12,15-19H,4H2,(H,20,21)/t9-,10-,12+/m1/s1. The van der Waals surface area contributed by atoms with Gasteiger partial charge in [0.25, 0.3) is 0 Å². The zero-order chi connectivity index (χ0) is 17.3. The van der Waals surface area contributed by atoms with Crippen molar-refractivity contribution >= 4 is 11.9 Å². The number of phenolic OH excluding ortho intramolecular Hbond substituents is 3. The Labute approximate surface area is 129 Å². The molecule has 9 nitrogen and oxygen atoms in total. The van der Waals surface area contributed by atoms with Crippen LogP contribution >= 0.6 is 0 Å².